The summed E-state index contributed by atoms with van der Waals surface area (Å²) >= 11 is 1.55. The van der Waals surface area contributed by atoms with Gasteiger partial charge in [0, 0.05) is 17.2 Å². The predicted molar refractivity (Wildman–Crippen MR) is 178 cm³/mol. The summed E-state index contributed by atoms with van der Waals surface area (Å²) in [6.07, 6.45) is 1.92. The van der Waals surface area contributed by atoms with Crippen molar-refractivity contribution >= 4 is 51.9 Å². The molecule has 0 saturated heterocycles. The minimum Gasteiger partial charge on any atom is -0.354 e. The highest BCUT2D eigenvalue weighted by molar-refractivity contribution is 7.18. The van der Waals surface area contributed by atoms with Gasteiger partial charge in [0.15, 0.2) is 0 Å². The molecule has 2 aromatic heterocycles. The monoisotopic (exact) mass is 620 g/mol. The number of benzene rings is 1. The van der Waals surface area contributed by atoms with Crippen molar-refractivity contribution in [1.82, 2.24) is 9.97 Å². The van der Waals surface area contributed by atoms with Gasteiger partial charge < -0.3 is 10.1 Å². The molecule has 239 valence electrons. The minimum absolute atomic E-state index is 0.157. The highest BCUT2D eigenvalue weighted by Crippen LogP contribution is 2.36. The summed E-state index contributed by atoms with van der Waals surface area (Å²) in [5.41, 5.74) is 3.68. The van der Waals surface area contributed by atoms with Crippen LogP contribution in [0.15, 0.2) is 30.5 Å². The van der Waals surface area contributed by atoms with Crippen LogP contribution in [-0.2, 0) is 9.59 Å². The Kier molecular flexibility index (Phi) is 19.0. The molecule has 1 N–H and O–H groups in total. The molecule has 0 aliphatic heterocycles. The smallest absolute Gasteiger partial charge is 0.354 e. The number of fused-ring (bicyclic) bond motifs is 1. The third-order valence-corrected chi connectivity index (χ3v) is 7.44. The zero-order valence-corrected chi connectivity index (χ0v) is 28.6. The van der Waals surface area contributed by atoms with Gasteiger partial charge in [-0.05, 0) is 71.0 Å². The second-order valence-corrected chi connectivity index (χ2v) is 11.6. The lowest BCUT2D eigenvalue weighted by atomic mass is 9.64. The fraction of sp³-hybridized carbons (Fsp3) is 0.576. The maximum absolute atomic E-state index is 12.9. The molecule has 0 aliphatic rings. The molecule has 43 heavy (non-hydrogen) atoms. The highest BCUT2D eigenvalue weighted by atomic mass is 32.1. The van der Waals surface area contributed by atoms with Crippen LogP contribution in [-0.4, -0.2) is 35.0 Å². The van der Waals surface area contributed by atoms with Crippen molar-refractivity contribution in [1.29, 1.82) is 0 Å². The van der Waals surface area contributed by atoms with E-state index in [1.54, 1.807) is 36.6 Å². The van der Waals surface area contributed by atoms with Gasteiger partial charge in [-0.2, -0.15) is 13.2 Å². The molecule has 10 heteroatoms. The summed E-state index contributed by atoms with van der Waals surface area (Å²) in [5.74, 6) is -0.462. The van der Waals surface area contributed by atoms with Crippen molar-refractivity contribution in [2.75, 3.05) is 5.32 Å². The molecule has 2 atom stereocenters. The molecule has 3 rings (SSSR count). The molecule has 0 spiro atoms. The number of Topliss-reactive ketones (excluding diaryl/α,β-unsaturated/α-hetero) is 2. The van der Waals surface area contributed by atoms with E-state index in [1.807, 2.05) is 27.6 Å². The Morgan fingerprint density at radius 2 is 1.51 bits per heavy atom. The first kappa shape index (κ1) is 40.3. The van der Waals surface area contributed by atoms with Crippen LogP contribution >= 0.6 is 11.3 Å². The van der Waals surface area contributed by atoms with Crippen LogP contribution in [0.1, 0.15) is 116 Å². The summed E-state index contributed by atoms with van der Waals surface area (Å²) in [5, 5.41) is 4.24. The fourth-order valence-electron chi connectivity index (χ4n) is 4.17. The number of anilines is 2. The summed E-state index contributed by atoms with van der Waals surface area (Å²) in [6, 6.07) is 6.35. The Morgan fingerprint density at radius 1 is 1.00 bits per heavy atom. The van der Waals surface area contributed by atoms with Crippen LogP contribution in [0, 0.1) is 12.8 Å². The number of pyridine rings is 1. The highest BCUT2D eigenvalue weighted by Gasteiger charge is 2.36. The molecule has 0 bridgehead atoms. The van der Waals surface area contributed by atoms with Crippen LogP contribution < -0.4 is 5.32 Å². The number of halogens is 3. The van der Waals surface area contributed by atoms with Crippen molar-refractivity contribution in [2.45, 2.75) is 120 Å². The van der Waals surface area contributed by atoms with Crippen molar-refractivity contribution in [3.8, 4) is 0 Å². The summed E-state index contributed by atoms with van der Waals surface area (Å²) in [4.78, 5) is 30.4. The molecule has 0 saturated carbocycles. The number of nitrogens with one attached hydrogen (secondary N) is 1. The number of hydrogen-bond acceptors (Lipinski definition) is 6. The number of hydrogen-bond donors (Lipinski definition) is 1. The molecule has 0 amide bonds. The van der Waals surface area contributed by atoms with E-state index in [-0.39, 0.29) is 17.2 Å². The first-order chi connectivity index (χ1) is 20.2. The third kappa shape index (κ3) is 14.1. The number of alkyl halides is 3. The summed E-state index contributed by atoms with van der Waals surface area (Å²) in [7, 11) is 2.09. The van der Waals surface area contributed by atoms with Crippen molar-refractivity contribution in [3.05, 3.63) is 46.6 Å². The second kappa shape index (κ2) is 20.3. The van der Waals surface area contributed by atoms with Crippen LogP contribution in [0.5, 0.6) is 0 Å². The number of carbonyl (C=O) groups is 2. The van der Waals surface area contributed by atoms with E-state index < -0.39 is 12.1 Å². The van der Waals surface area contributed by atoms with Gasteiger partial charge in [0.05, 0.1) is 22.8 Å². The quantitative estimate of drug-likeness (QED) is 0.228. The lowest BCUT2D eigenvalue weighted by Crippen LogP contribution is -2.17. The summed E-state index contributed by atoms with van der Waals surface area (Å²) < 4.78 is 38.6. The standard InChI is InChI=1S/C19H20BF3N3S.C9H18O.C3H6O.C2H6/c1-10(19(21,22)23)13-5-7-14(8-6-13)26-15-9-24-18-17(25-12(3)27-18)16(15)11(2)20-4;1-4-6-9(7-5-2)8(3)10;1-3(2)4;1-2/h5-11,26H,1-4H3;9H,4-7H2,1-3H3;1-2H3;1-2H3/t10-,11+;;;/m0.../s1. The van der Waals surface area contributed by atoms with Crippen LogP contribution in [0.2, 0.25) is 6.82 Å². The zero-order valence-electron chi connectivity index (χ0n) is 27.8. The number of aromatic nitrogens is 2. The normalized spacial score (nSPS) is 12.1. The number of thiazole rings is 1. The van der Waals surface area contributed by atoms with E-state index in [4.69, 9.17) is 0 Å². The maximum Gasteiger partial charge on any atom is 0.395 e. The number of rotatable bonds is 10. The van der Waals surface area contributed by atoms with E-state index >= 15 is 0 Å². The van der Waals surface area contributed by atoms with Crippen molar-refractivity contribution < 1.29 is 22.8 Å². The molecule has 3 aromatic rings. The minimum atomic E-state index is -4.24. The molecular weight excluding hydrogens is 570 g/mol. The van der Waals surface area contributed by atoms with E-state index in [0.29, 0.717) is 17.4 Å². The van der Waals surface area contributed by atoms with Gasteiger partial charge in [-0.25, -0.2) is 9.97 Å². The molecule has 5 nitrogen and oxygen atoms in total. The Balaban J connectivity index is 0.000000918. The third-order valence-electron chi connectivity index (χ3n) is 6.56. The Labute approximate surface area is 261 Å². The SMILES string of the molecule is CC.CC(C)=O.CCCC(CCC)C(C)=O.C[B][C@H](C)c1c(Nc2ccc([C@H](C)C(F)(F)F)cc2)cnc2sc(C)nc12. The summed E-state index contributed by atoms with van der Waals surface area (Å²) in [6.45, 7) is 20.2. The molecule has 2 heterocycles. The van der Waals surface area contributed by atoms with E-state index in [2.05, 4.69) is 43.3 Å². The Bertz CT molecular complexity index is 1240. The van der Waals surface area contributed by atoms with E-state index in [9.17, 15) is 22.8 Å². The number of carbonyl (C=O) groups excluding carboxylic acids is 2. The van der Waals surface area contributed by atoms with Crippen molar-refractivity contribution in [3.63, 3.8) is 0 Å². The van der Waals surface area contributed by atoms with Gasteiger partial charge in [0.25, 0.3) is 0 Å². The van der Waals surface area contributed by atoms with Gasteiger partial charge >= 0.3 is 6.18 Å². The second-order valence-electron chi connectivity index (χ2n) is 10.4. The molecule has 1 aromatic carbocycles. The first-order valence-corrected chi connectivity index (χ1v) is 15.9. The molecule has 0 unspecified atom stereocenters. The lowest BCUT2D eigenvalue weighted by molar-refractivity contribution is -0.146. The average Bonchev–Trinajstić information content (AvgIpc) is 3.33. The fourth-order valence-corrected chi connectivity index (χ4v) is 4.95. The Morgan fingerprint density at radius 3 is 1.93 bits per heavy atom. The van der Waals surface area contributed by atoms with Gasteiger partial charge in [-0.1, -0.05) is 77.8 Å². The average molecular weight is 621 g/mol. The van der Waals surface area contributed by atoms with Crippen LogP contribution in [0.25, 0.3) is 10.3 Å². The number of aryl methyl sites for hydroxylation is 1. The van der Waals surface area contributed by atoms with Crippen LogP contribution in [0.4, 0.5) is 24.5 Å². The lowest BCUT2D eigenvalue weighted by Gasteiger charge is -2.18. The van der Waals surface area contributed by atoms with Gasteiger partial charge in [0.2, 0.25) is 0 Å². The van der Waals surface area contributed by atoms with Gasteiger partial charge in [-0.3, -0.25) is 4.79 Å². The first-order valence-electron chi connectivity index (χ1n) is 15.1. The van der Waals surface area contributed by atoms with E-state index in [1.165, 1.54) is 32.9 Å². The van der Waals surface area contributed by atoms with E-state index in [0.717, 1.165) is 52.3 Å². The molecule has 0 aliphatic carbocycles. The number of nitrogens with zero attached hydrogens (tertiary/aromatic N) is 2. The molecular formula is C33H50BF3N3O2S. The zero-order chi connectivity index (χ0) is 33.3. The topological polar surface area (TPSA) is 72.0 Å². The molecule has 0 fully saturated rings. The largest absolute Gasteiger partial charge is 0.395 e. The maximum atomic E-state index is 12.9. The Hall–Kier alpha value is -2.75. The van der Waals surface area contributed by atoms with Gasteiger partial charge in [0.1, 0.15) is 29.2 Å². The van der Waals surface area contributed by atoms with Crippen LogP contribution in [0.3, 0.4) is 0 Å². The predicted octanol–water partition coefficient (Wildman–Crippen LogP) is 10.6. The molecule has 1 radical (unpaired) electrons. The number of ketones is 2. The van der Waals surface area contributed by atoms with Gasteiger partial charge in [-0.15, -0.1) is 0 Å². The van der Waals surface area contributed by atoms with Crippen molar-refractivity contribution in [2.24, 2.45) is 5.92 Å².